The maximum absolute atomic E-state index is 3.46. The SMILES string of the molecule is CC[C@@H](Br)C#Cc1ccccc1. The first-order chi connectivity index (χ1) is 5.83. The lowest BCUT2D eigenvalue weighted by Crippen LogP contribution is -1.87. The van der Waals surface area contributed by atoms with Crippen molar-refractivity contribution in [2.24, 2.45) is 0 Å². The van der Waals surface area contributed by atoms with E-state index in [-0.39, 0.29) is 0 Å². The molecule has 0 heterocycles. The molecule has 62 valence electrons. The Balaban J connectivity index is 2.67. The van der Waals surface area contributed by atoms with Gasteiger partial charge in [-0.05, 0) is 18.6 Å². The molecule has 0 amide bonds. The lowest BCUT2D eigenvalue weighted by molar-refractivity contribution is 1.01. The summed E-state index contributed by atoms with van der Waals surface area (Å²) in [5.41, 5.74) is 1.08. The van der Waals surface area contributed by atoms with Crippen molar-refractivity contribution in [1.29, 1.82) is 0 Å². The second-order valence-corrected chi connectivity index (χ2v) is 3.62. The van der Waals surface area contributed by atoms with E-state index >= 15 is 0 Å². The van der Waals surface area contributed by atoms with Gasteiger partial charge in [0.25, 0.3) is 0 Å². The van der Waals surface area contributed by atoms with E-state index in [0.717, 1.165) is 12.0 Å². The fourth-order valence-corrected chi connectivity index (χ4v) is 0.900. The lowest BCUT2D eigenvalue weighted by Gasteiger charge is -1.92. The number of benzene rings is 1. The van der Waals surface area contributed by atoms with E-state index in [0.29, 0.717) is 4.83 Å². The van der Waals surface area contributed by atoms with Crippen molar-refractivity contribution < 1.29 is 0 Å². The van der Waals surface area contributed by atoms with Crippen molar-refractivity contribution in [2.75, 3.05) is 0 Å². The standard InChI is InChI=1S/C11H11Br/c1-2-11(12)9-8-10-6-4-3-5-7-10/h3-7,11H,2H2,1H3/t11-/m1/s1. The van der Waals surface area contributed by atoms with E-state index < -0.39 is 0 Å². The minimum atomic E-state index is 0.317. The minimum Gasteiger partial charge on any atom is -0.0829 e. The van der Waals surface area contributed by atoms with Gasteiger partial charge in [0.05, 0.1) is 4.83 Å². The van der Waals surface area contributed by atoms with Gasteiger partial charge in [-0.15, -0.1) is 0 Å². The molecule has 12 heavy (non-hydrogen) atoms. The van der Waals surface area contributed by atoms with E-state index in [1.165, 1.54) is 0 Å². The first kappa shape index (κ1) is 9.35. The summed E-state index contributed by atoms with van der Waals surface area (Å²) in [7, 11) is 0. The molecule has 1 heteroatoms. The molecule has 1 aromatic carbocycles. The van der Waals surface area contributed by atoms with Crippen molar-refractivity contribution in [3.05, 3.63) is 35.9 Å². The van der Waals surface area contributed by atoms with Crippen LogP contribution in [-0.2, 0) is 0 Å². The Morgan fingerprint density at radius 1 is 1.33 bits per heavy atom. The average Bonchev–Trinajstić information content (AvgIpc) is 2.16. The van der Waals surface area contributed by atoms with Crippen molar-refractivity contribution in [3.63, 3.8) is 0 Å². The quantitative estimate of drug-likeness (QED) is 0.506. The van der Waals surface area contributed by atoms with Crippen LogP contribution in [0.5, 0.6) is 0 Å². The van der Waals surface area contributed by atoms with E-state index in [1.54, 1.807) is 0 Å². The zero-order chi connectivity index (χ0) is 8.81. The zero-order valence-electron chi connectivity index (χ0n) is 7.05. The molecular weight excluding hydrogens is 212 g/mol. The first-order valence-electron chi connectivity index (χ1n) is 4.03. The third-order valence-electron chi connectivity index (χ3n) is 1.51. The van der Waals surface area contributed by atoms with Gasteiger partial charge in [0.1, 0.15) is 0 Å². The van der Waals surface area contributed by atoms with Crippen molar-refractivity contribution in [1.82, 2.24) is 0 Å². The topological polar surface area (TPSA) is 0 Å². The molecule has 0 N–H and O–H groups in total. The van der Waals surface area contributed by atoms with Gasteiger partial charge in [-0.25, -0.2) is 0 Å². The Morgan fingerprint density at radius 3 is 2.58 bits per heavy atom. The summed E-state index contributed by atoms with van der Waals surface area (Å²) < 4.78 is 0. The van der Waals surface area contributed by atoms with Crippen molar-refractivity contribution in [3.8, 4) is 11.8 Å². The van der Waals surface area contributed by atoms with E-state index in [9.17, 15) is 0 Å². The molecule has 0 fully saturated rings. The van der Waals surface area contributed by atoms with Crippen LogP contribution in [0, 0.1) is 11.8 Å². The summed E-state index contributed by atoms with van der Waals surface area (Å²) in [4.78, 5) is 0.317. The highest BCUT2D eigenvalue weighted by atomic mass is 79.9. The van der Waals surface area contributed by atoms with Gasteiger partial charge in [0.2, 0.25) is 0 Å². The predicted octanol–water partition coefficient (Wildman–Crippen LogP) is 3.21. The number of halogens is 1. The highest BCUT2D eigenvalue weighted by Crippen LogP contribution is 2.02. The summed E-state index contributed by atoms with van der Waals surface area (Å²) >= 11 is 3.46. The maximum Gasteiger partial charge on any atom is 0.0755 e. The van der Waals surface area contributed by atoms with Gasteiger partial charge in [-0.1, -0.05) is 52.9 Å². The summed E-state index contributed by atoms with van der Waals surface area (Å²) in [6, 6.07) is 10.0. The highest BCUT2D eigenvalue weighted by molar-refractivity contribution is 9.09. The van der Waals surface area contributed by atoms with Gasteiger partial charge in [-0.3, -0.25) is 0 Å². The van der Waals surface area contributed by atoms with E-state index in [1.807, 2.05) is 30.3 Å². The van der Waals surface area contributed by atoms with Gasteiger partial charge in [0, 0.05) is 5.56 Å². The normalized spacial score (nSPS) is 11.5. The summed E-state index contributed by atoms with van der Waals surface area (Å²) in [6.45, 7) is 2.11. The van der Waals surface area contributed by atoms with Gasteiger partial charge in [0.15, 0.2) is 0 Å². The van der Waals surface area contributed by atoms with Crippen LogP contribution < -0.4 is 0 Å². The zero-order valence-corrected chi connectivity index (χ0v) is 8.64. The number of hydrogen-bond acceptors (Lipinski definition) is 0. The number of hydrogen-bond donors (Lipinski definition) is 0. The lowest BCUT2D eigenvalue weighted by atomic mass is 10.2. The monoisotopic (exact) mass is 222 g/mol. The molecule has 1 aromatic rings. The van der Waals surface area contributed by atoms with Crippen LogP contribution in [0.15, 0.2) is 30.3 Å². The molecule has 0 aromatic heterocycles. The van der Waals surface area contributed by atoms with E-state index in [4.69, 9.17) is 0 Å². The molecule has 0 bridgehead atoms. The second kappa shape index (κ2) is 5.00. The summed E-state index contributed by atoms with van der Waals surface area (Å²) in [5, 5.41) is 0. The van der Waals surface area contributed by atoms with Crippen LogP contribution in [0.3, 0.4) is 0 Å². The summed E-state index contributed by atoms with van der Waals surface area (Å²) in [5.74, 6) is 6.21. The van der Waals surface area contributed by atoms with Crippen LogP contribution in [0.2, 0.25) is 0 Å². The fraction of sp³-hybridized carbons (Fsp3) is 0.273. The Kier molecular flexibility index (Phi) is 3.90. The molecule has 1 rings (SSSR count). The molecule has 0 saturated carbocycles. The molecule has 0 aliphatic rings. The Hall–Kier alpha value is -0.740. The molecule has 0 radical (unpaired) electrons. The Bertz CT molecular complexity index is 279. The Morgan fingerprint density at radius 2 is 2.00 bits per heavy atom. The molecule has 0 spiro atoms. The van der Waals surface area contributed by atoms with Gasteiger partial charge >= 0.3 is 0 Å². The number of rotatable bonds is 1. The molecule has 0 aliphatic heterocycles. The third kappa shape index (κ3) is 3.11. The predicted molar refractivity (Wildman–Crippen MR) is 56.3 cm³/mol. The highest BCUT2D eigenvalue weighted by Gasteiger charge is 1.91. The molecule has 0 saturated heterocycles. The minimum absolute atomic E-state index is 0.317. The second-order valence-electron chi connectivity index (χ2n) is 2.51. The smallest absolute Gasteiger partial charge is 0.0755 e. The Labute approximate surface area is 82.1 Å². The van der Waals surface area contributed by atoms with Crippen LogP contribution in [0.25, 0.3) is 0 Å². The molecule has 0 nitrogen and oxygen atoms in total. The molecule has 1 atom stereocenters. The van der Waals surface area contributed by atoms with Crippen LogP contribution in [0.1, 0.15) is 18.9 Å². The van der Waals surface area contributed by atoms with Gasteiger partial charge in [-0.2, -0.15) is 0 Å². The molecule has 0 aliphatic carbocycles. The third-order valence-corrected chi connectivity index (χ3v) is 2.38. The van der Waals surface area contributed by atoms with Crippen molar-refractivity contribution in [2.45, 2.75) is 18.2 Å². The number of alkyl halides is 1. The van der Waals surface area contributed by atoms with E-state index in [2.05, 4.69) is 34.7 Å². The summed E-state index contributed by atoms with van der Waals surface area (Å²) in [6.07, 6.45) is 1.04. The van der Waals surface area contributed by atoms with Crippen LogP contribution in [-0.4, -0.2) is 4.83 Å². The van der Waals surface area contributed by atoms with Gasteiger partial charge < -0.3 is 0 Å². The van der Waals surface area contributed by atoms with Crippen LogP contribution >= 0.6 is 15.9 Å². The fourth-order valence-electron chi connectivity index (χ4n) is 0.785. The average molecular weight is 223 g/mol. The van der Waals surface area contributed by atoms with Crippen molar-refractivity contribution >= 4 is 15.9 Å². The van der Waals surface area contributed by atoms with Crippen LogP contribution in [0.4, 0.5) is 0 Å². The first-order valence-corrected chi connectivity index (χ1v) is 4.95. The molecule has 0 unspecified atom stereocenters. The molecular formula is C11H11Br. The largest absolute Gasteiger partial charge is 0.0829 e. The maximum atomic E-state index is 3.46.